The molecule has 1 N–H and O–H groups in total. The molecule has 1 aliphatic rings. The summed E-state index contributed by atoms with van der Waals surface area (Å²) in [4.78, 5) is 2.71. The van der Waals surface area contributed by atoms with Crippen molar-refractivity contribution in [3.8, 4) is 0 Å². The van der Waals surface area contributed by atoms with Crippen molar-refractivity contribution in [2.24, 2.45) is 0 Å². The maximum Gasteiger partial charge on any atom is 0.0749 e. The van der Waals surface area contributed by atoms with E-state index in [0.717, 1.165) is 6.54 Å². The van der Waals surface area contributed by atoms with Gasteiger partial charge in [-0.2, -0.15) is 0 Å². The van der Waals surface area contributed by atoms with Gasteiger partial charge in [0.25, 0.3) is 0 Å². The van der Waals surface area contributed by atoms with Crippen LogP contribution in [0.4, 0.5) is 0 Å². The SMILES string of the molecule is c1ccc(SC(Sc2ccccc2)[C@@H]2CCCN2)cc1. The van der Waals surface area contributed by atoms with E-state index < -0.39 is 0 Å². The predicted molar refractivity (Wildman–Crippen MR) is 89.4 cm³/mol. The van der Waals surface area contributed by atoms with Crippen molar-refractivity contribution < 1.29 is 0 Å². The van der Waals surface area contributed by atoms with Gasteiger partial charge in [-0.1, -0.05) is 36.4 Å². The molecule has 2 aromatic carbocycles. The van der Waals surface area contributed by atoms with Crippen LogP contribution in [0.25, 0.3) is 0 Å². The van der Waals surface area contributed by atoms with Crippen LogP contribution < -0.4 is 5.32 Å². The molecule has 0 radical (unpaired) electrons. The number of benzene rings is 2. The standard InChI is InChI=1S/C17H19NS2/c1-3-8-14(9-4-1)19-17(16-12-7-13-18-16)20-15-10-5-2-6-11-15/h1-6,8-11,16-18H,7,12-13H2/t16-/m0/s1. The van der Waals surface area contributed by atoms with Gasteiger partial charge in [-0.25, -0.2) is 0 Å². The van der Waals surface area contributed by atoms with Crippen molar-refractivity contribution in [3.63, 3.8) is 0 Å². The van der Waals surface area contributed by atoms with E-state index in [1.54, 1.807) is 0 Å². The number of nitrogens with one attached hydrogen (secondary N) is 1. The average molecular weight is 301 g/mol. The molecule has 2 aromatic rings. The summed E-state index contributed by atoms with van der Waals surface area (Å²) >= 11 is 3.96. The van der Waals surface area contributed by atoms with E-state index in [4.69, 9.17) is 0 Å². The summed E-state index contributed by atoms with van der Waals surface area (Å²) in [5.74, 6) is 0. The third kappa shape index (κ3) is 3.81. The van der Waals surface area contributed by atoms with Crippen LogP contribution in [0.1, 0.15) is 12.8 Å². The number of thioether (sulfide) groups is 2. The van der Waals surface area contributed by atoms with Crippen LogP contribution in [0.15, 0.2) is 70.5 Å². The molecule has 0 aliphatic carbocycles. The first-order valence-electron chi connectivity index (χ1n) is 7.08. The molecule has 0 saturated carbocycles. The Balaban J connectivity index is 1.73. The minimum atomic E-state index is 0.530. The van der Waals surface area contributed by atoms with Crippen molar-refractivity contribution in [2.45, 2.75) is 33.3 Å². The third-order valence-electron chi connectivity index (χ3n) is 3.42. The first kappa shape index (κ1) is 14.1. The summed E-state index contributed by atoms with van der Waals surface area (Å²) in [5.41, 5.74) is 0. The molecular weight excluding hydrogens is 282 g/mol. The Morgan fingerprint density at radius 2 is 1.40 bits per heavy atom. The normalized spacial score (nSPS) is 18.6. The summed E-state index contributed by atoms with van der Waals surface area (Å²) < 4.78 is 0.530. The fourth-order valence-electron chi connectivity index (χ4n) is 2.40. The van der Waals surface area contributed by atoms with Gasteiger partial charge in [-0.3, -0.25) is 0 Å². The maximum absolute atomic E-state index is 3.66. The highest BCUT2D eigenvalue weighted by Crippen LogP contribution is 2.39. The molecule has 0 spiro atoms. The van der Waals surface area contributed by atoms with Gasteiger partial charge in [0.05, 0.1) is 4.58 Å². The van der Waals surface area contributed by atoms with E-state index in [9.17, 15) is 0 Å². The lowest BCUT2D eigenvalue weighted by molar-refractivity contribution is 0.654. The highest BCUT2D eigenvalue weighted by atomic mass is 32.2. The molecule has 104 valence electrons. The van der Waals surface area contributed by atoms with Crippen LogP contribution in [0.2, 0.25) is 0 Å². The molecule has 3 heteroatoms. The molecule has 3 rings (SSSR count). The van der Waals surface area contributed by atoms with Gasteiger partial charge in [-0.15, -0.1) is 23.5 Å². The highest BCUT2D eigenvalue weighted by molar-refractivity contribution is 8.17. The van der Waals surface area contributed by atoms with Crippen LogP contribution >= 0.6 is 23.5 Å². The molecule has 1 nitrogen and oxygen atoms in total. The second-order valence-electron chi connectivity index (χ2n) is 4.93. The lowest BCUT2D eigenvalue weighted by Gasteiger charge is -2.23. The minimum absolute atomic E-state index is 0.530. The first-order chi connectivity index (χ1) is 9.92. The van der Waals surface area contributed by atoms with Crippen LogP contribution in [0.3, 0.4) is 0 Å². The zero-order valence-corrected chi connectivity index (χ0v) is 13.0. The average Bonchev–Trinajstić information content (AvgIpc) is 3.03. The molecule has 1 aliphatic heterocycles. The quantitative estimate of drug-likeness (QED) is 0.638. The zero-order valence-electron chi connectivity index (χ0n) is 11.4. The van der Waals surface area contributed by atoms with Crippen LogP contribution in [-0.2, 0) is 0 Å². The van der Waals surface area contributed by atoms with Gasteiger partial charge in [-0.05, 0) is 43.7 Å². The zero-order chi connectivity index (χ0) is 13.6. The largest absolute Gasteiger partial charge is 0.312 e. The van der Waals surface area contributed by atoms with Gasteiger partial charge < -0.3 is 5.32 Å². The van der Waals surface area contributed by atoms with Crippen molar-refractivity contribution in [1.82, 2.24) is 5.32 Å². The van der Waals surface area contributed by atoms with Crippen LogP contribution in [-0.4, -0.2) is 17.2 Å². The summed E-state index contributed by atoms with van der Waals surface area (Å²) in [7, 11) is 0. The van der Waals surface area contributed by atoms with Gasteiger partial charge in [0.15, 0.2) is 0 Å². The summed E-state index contributed by atoms with van der Waals surface area (Å²) in [6, 6.07) is 22.1. The van der Waals surface area contributed by atoms with Crippen LogP contribution in [0.5, 0.6) is 0 Å². The summed E-state index contributed by atoms with van der Waals surface area (Å²) in [6.45, 7) is 1.16. The highest BCUT2D eigenvalue weighted by Gasteiger charge is 2.26. The van der Waals surface area contributed by atoms with E-state index >= 15 is 0 Å². The molecule has 0 aromatic heterocycles. The van der Waals surface area contributed by atoms with Crippen molar-refractivity contribution in [3.05, 3.63) is 60.7 Å². The maximum atomic E-state index is 3.66. The lowest BCUT2D eigenvalue weighted by Crippen LogP contribution is -2.30. The summed E-state index contributed by atoms with van der Waals surface area (Å²) in [6.07, 6.45) is 2.58. The molecule has 1 atom stereocenters. The molecule has 0 amide bonds. The Kier molecular flexibility index (Phi) is 5.06. The molecule has 1 heterocycles. The monoisotopic (exact) mass is 301 g/mol. The van der Waals surface area contributed by atoms with Gasteiger partial charge >= 0.3 is 0 Å². The van der Waals surface area contributed by atoms with E-state index in [1.807, 2.05) is 23.5 Å². The molecule has 0 bridgehead atoms. The van der Waals surface area contributed by atoms with Gasteiger partial charge in [0.2, 0.25) is 0 Å². The minimum Gasteiger partial charge on any atom is -0.312 e. The Morgan fingerprint density at radius 1 is 0.850 bits per heavy atom. The topological polar surface area (TPSA) is 12.0 Å². The molecule has 0 unspecified atom stereocenters. The fourth-order valence-corrected chi connectivity index (χ4v) is 5.22. The molecule has 20 heavy (non-hydrogen) atoms. The second kappa shape index (κ2) is 7.21. The predicted octanol–water partition coefficient (Wildman–Crippen LogP) is 4.65. The van der Waals surface area contributed by atoms with Crippen LogP contribution in [0, 0.1) is 0 Å². The van der Waals surface area contributed by atoms with Crippen molar-refractivity contribution >= 4 is 23.5 Å². The van der Waals surface area contributed by atoms with Crippen molar-refractivity contribution in [2.75, 3.05) is 6.54 Å². The number of hydrogen-bond donors (Lipinski definition) is 1. The smallest absolute Gasteiger partial charge is 0.0749 e. The Labute approximate surface area is 129 Å². The fraction of sp³-hybridized carbons (Fsp3) is 0.294. The van der Waals surface area contributed by atoms with E-state index in [2.05, 4.69) is 66.0 Å². The first-order valence-corrected chi connectivity index (χ1v) is 8.84. The molecular formula is C17H19NS2. The number of hydrogen-bond acceptors (Lipinski definition) is 3. The molecule has 1 saturated heterocycles. The Bertz CT molecular complexity index is 468. The number of rotatable bonds is 5. The Hall–Kier alpha value is -0.900. The molecule has 1 fully saturated rings. The second-order valence-corrected chi connectivity index (χ2v) is 7.66. The third-order valence-corrected chi connectivity index (χ3v) is 6.21. The Morgan fingerprint density at radius 3 is 1.85 bits per heavy atom. The lowest BCUT2D eigenvalue weighted by atomic mass is 10.2. The van der Waals surface area contributed by atoms with Gasteiger partial charge in [0.1, 0.15) is 0 Å². The van der Waals surface area contributed by atoms with Crippen molar-refractivity contribution in [1.29, 1.82) is 0 Å². The van der Waals surface area contributed by atoms with E-state index in [1.165, 1.54) is 22.6 Å². The van der Waals surface area contributed by atoms with Gasteiger partial charge in [0, 0.05) is 15.8 Å². The van der Waals surface area contributed by atoms with E-state index in [0.29, 0.717) is 10.6 Å². The van der Waals surface area contributed by atoms with E-state index in [-0.39, 0.29) is 0 Å². The summed E-state index contributed by atoms with van der Waals surface area (Å²) in [5, 5.41) is 3.66.